The molecule has 0 amide bonds. The number of ether oxygens (including phenoxy) is 1. The van der Waals surface area contributed by atoms with Crippen LogP contribution in [0.4, 0.5) is 0 Å². The Balaban J connectivity index is 1.87. The van der Waals surface area contributed by atoms with Crippen LogP contribution in [0.5, 0.6) is 0 Å². The quantitative estimate of drug-likeness (QED) is 0.263. The Morgan fingerprint density at radius 3 is 2.48 bits per heavy atom. The monoisotopic (exact) mass is 522 g/mol. The summed E-state index contributed by atoms with van der Waals surface area (Å²) >= 11 is 2.18. The molecule has 0 aliphatic rings. The normalized spacial score (nSPS) is 11.2. The number of hydrogen-bond acceptors (Lipinski definition) is 4. The number of rotatable bonds is 5. The van der Waals surface area contributed by atoms with Gasteiger partial charge in [-0.05, 0) is 83.6 Å². The molecule has 6 heteroatoms. The second-order valence-electron chi connectivity index (χ2n) is 6.78. The Hall–Kier alpha value is -3.26. The highest BCUT2D eigenvalue weighted by molar-refractivity contribution is 14.1. The van der Waals surface area contributed by atoms with Crippen molar-refractivity contribution >= 4 is 51.6 Å². The van der Waals surface area contributed by atoms with E-state index in [1.54, 1.807) is 35.8 Å². The molecule has 5 nitrogen and oxygen atoms in total. The number of benzene rings is 3. The molecule has 0 saturated heterocycles. The van der Waals surface area contributed by atoms with Crippen molar-refractivity contribution in [3.63, 3.8) is 0 Å². The van der Waals surface area contributed by atoms with Gasteiger partial charge in [0.2, 0.25) is 0 Å². The molecule has 4 rings (SSSR count). The molecule has 154 valence electrons. The average molecular weight is 522 g/mol. The molecule has 3 aromatic carbocycles. The summed E-state index contributed by atoms with van der Waals surface area (Å²) in [7, 11) is 0. The van der Waals surface area contributed by atoms with Crippen LogP contribution in [-0.2, 0) is 4.74 Å². The summed E-state index contributed by atoms with van der Waals surface area (Å²) in [5.74, 6) is 0.114. The Morgan fingerprint density at radius 2 is 1.77 bits per heavy atom. The molecule has 0 radical (unpaired) electrons. The first-order valence-electron chi connectivity index (χ1n) is 9.80. The van der Waals surface area contributed by atoms with Crippen LogP contribution in [0.3, 0.4) is 0 Å². The molecule has 0 saturated carbocycles. The summed E-state index contributed by atoms with van der Waals surface area (Å²) in [6.45, 7) is 2.07. The van der Waals surface area contributed by atoms with Crippen molar-refractivity contribution in [2.75, 3.05) is 6.61 Å². The van der Waals surface area contributed by atoms with Crippen LogP contribution in [0, 0.1) is 3.57 Å². The number of carbonyl (C=O) groups is 1. The molecule has 0 unspecified atom stereocenters. The predicted octanol–water partition coefficient (Wildman–Crippen LogP) is 5.34. The van der Waals surface area contributed by atoms with E-state index in [2.05, 4.69) is 22.6 Å². The summed E-state index contributed by atoms with van der Waals surface area (Å²) < 4.78 is 7.57. The van der Waals surface area contributed by atoms with Gasteiger partial charge in [0, 0.05) is 3.57 Å². The number of hydrogen-bond donors (Lipinski definition) is 0. The number of nitrogens with zero attached hydrogens (tertiary/aromatic N) is 2. The maximum absolute atomic E-state index is 13.4. The molecule has 1 aromatic heterocycles. The molecule has 0 fully saturated rings. The first-order valence-corrected chi connectivity index (χ1v) is 10.9. The molecule has 0 spiro atoms. The van der Waals surface area contributed by atoms with Gasteiger partial charge in [-0.25, -0.2) is 9.78 Å². The highest BCUT2D eigenvalue weighted by Gasteiger charge is 2.13. The summed E-state index contributed by atoms with van der Waals surface area (Å²) in [5.41, 5.74) is 2.53. The van der Waals surface area contributed by atoms with Gasteiger partial charge < -0.3 is 4.74 Å². The van der Waals surface area contributed by atoms with E-state index >= 15 is 0 Å². The number of fused-ring (bicyclic) bond motifs is 1. The summed E-state index contributed by atoms with van der Waals surface area (Å²) in [4.78, 5) is 30.1. The fraction of sp³-hybridized carbons (Fsp3) is 0.0800. The van der Waals surface area contributed by atoms with E-state index in [4.69, 9.17) is 9.72 Å². The van der Waals surface area contributed by atoms with Crippen LogP contribution >= 0.6 is 22.6 Å². The second kappa shape index (κ2) is 9.26. The Labute approximate surface area is 193 Å². The van der Waals surface area contributed by atoms with E-state index in [9.17, 15) is 9.59 Å². The fourth-order valence-electron chi connectivity index (χ4n) is 3.23. The third kappa shape index (κ3) is 4.59. The van der Waals surface area contributed by atoms with Gasteiger partial charge in [0.05, 0.1) is 28.8 Å². The van der Waals surface area contributed by atoms with Crippen molar-refractivity contribution in [3.8, 4) is 5.69 Å². The van der Waals surface area contributed by atoms with Crippen LogP contribution in [0.15, 0.2) is 77.6 Å². The van der Waals surface area contributed by atoms with Crippen molar-refractivity contribution < 1.29 is 9.53 Å². The molecule has 0 bridgehead atoms. The van der Waals surface area contributed by atoms with Crippen molar-refractivity contribution in [1.29, 1.82) is 0 Å². The Bertz CT molecular complexity index is 1330. The van der Waals surface area contributed by atoms with Gasteiger partial charge in [0.15, 0.2) is 0 Å². The van der Waals surface area contributed by atoms with Gasteiger partial charge in [-0.15, -0.1) is 0 Å². The van der Waals surface area contributed by atoms with E-state index < -0.39 is 5.97 Å². The topological polar surface area (TPSA) is 61.2 Å². The number of aromatic nitrogens is 2. The highest BCUT2D eigenvalue weighted by atomic mass is 127. The Morgan fingerprint density at radius 1 is 1.03 bits per heavy atom. The molecular formula is C25H19IN2O3. The van der Waals surface area contributed by atoms with Crippen LogP contribution in [0.2, 0.25) is 0 Å². The number of carbonyl (C=O) groups excluding carboxylic acids is 1. The molecule has 0 aliphatic carbocycles. The van der Waals surface area contributed by atoms with E-state index in [-0.39, 0.29) is 5.56 Å². The van der Waals surface area contributed by atoms with E-state index in [1.165, 1.54) is 0 Å². The van der Waals surface area contributed by atoms with Crippen molar-refractivity contribution in [2.24, 2.45) is 0 Å². The van der Waals surface area contributed by atoms with Gasteiger partial charge >= 0.3 is 5.97 Å². The smallest absolute Gasteiger partial charge is 0.338 e. The molecular weight excluding hydrogens is 503 g/mol. The lowest BCUT2D eigenvalue weighted by Crippen LogP contribution is -2.22. The zero-order chi connectivity index (χ0) is 21.8. The number of esters is 1. The minimum atomic E-state index is -0.392. The zero-order valence-electron chi connectivity index (χ0n) is 16.8. The molecule has 4 aromatic rings. The molecule has 0 N–H and O–H groups in total. The van der Waals surface area contributed by atoms with Gasteiger partial charge in [-0.1, -0.05) is 36.4 Å². The minimum Gasteiger partial charge on any atom is -0.462 e. The third-order valence-electron chi connectivity index (χ3n) is 4.72. The SMILES string of the molecule is CCOC(=O)c1ccc(-n2c(/C=C/c3ccccc3)nc3ccc(I)cc3c2=O)cc1. The standard InChI is InChI=1S/C25H19IN2O3/c1-2-31-25(30)18-9-12-20(13-10-18)28-23(15-8-17-6-4-3-5-7-17)27-22-14-11-19(26)16-21(22)24(28)29/h3-16H,2H2,1H3/b15-8+. The summed E-state index contributed by atoms with van der Waals surface area (Å²) in [6, 6.07) is 22.2. The number of halogens is 1. The minimum absolute atomic E-state index is 0.167. The molecule has 0 atom stereocenters. The maximum atomic E-state index is 13.4. The lowest BCUT2D eigenvalue weighted by Gasteiger charge is -2.12. The predicted molar refractivity (Wildman–Crippen MR) is 131 cm³/mol. The summed E-state index contributed by atoms with van der Waals surface area (Å²) in [5, 5.41) is 0.540. The van der Waals surface area contributed by atoms with E-state index in [0.29, 0.717) is 34.6 Å². The fourth-order valence-corrected chi connectivity index (χ4v) is 3.72. The van der Waals surface area contributed by atoms with Gasteiger partial charge in [0.1, 0.15) is 5.82 Å². The molecule has 31 heavy (non-hydrogen) atoms. The van der Waals surface area contributed by atoms with Crippen LogP contribution in [0.25, 0.3) is 28.7 Å². The average Bonchev–Trinajstić information content (AvgIpc) is 2.79. The third-order valence-corrected chi connectivity index (χ3v) is 5.39. The zero-order valence-corrected chi connectivity index (χ0v) is 18.9. The molecule has 1 heterocycles. The van der Waals surface area contributed by atoms with Crippen LogP contribution < -0.4 is 5.56 Å². The lowest BCUT2D eigenvalue weighted by atomic mass is 10.1. The van der Waals surface area contributed by atoms with Crippen molar-refractivity contribution in [2.45, 2.75) is 6.92 Å². The van der Waals surface area contributed by atoms with E-state index in [1.807, 2.05) is 60.7 Å². The first-order chi connectivity index (χ1) is 15.1. The van der Waals surface area contributed by atoms with Crippen molar-refractivity contribution in [1.82, 2.24) is 9.55 Å². The highest BCUT2D eigenvalue weighted by Crippen LogP contribution is 2.18. The lowest BCUT2D eigenvalue weighted by molar-refractivity contribution is 0.0526. The van der Waals surface area contributed by atoms with Gasteiger partial charge in [-0.2, -0.15) is 0 Å². The van der Waals surface area contributed by atoms with Gasteiger partial charge in [0.25, 0.3) is 5.56 Å². The summed E-state index contributed by atoms with van der Waals surface area (Å²) in [6.07, 6.45) is 3.75. The van der Waals surface area contributed by atoms with Crippen molar-refractivity contribution in [3.05, 3.63) is 104 Å². The first kappa shape index (κ1) is 21.0. The molecule has 0 aliphatic heterocycles. The Kier molecular flexibility index (Phi) is 6.27. The van der Waals surface area contributed by atoms with Crippen LogP contribution in [0.1, 0.15) is 28.7 Å². The largest absolute Gasteiger partial charge is 0.462 e. The maximum Gasteiger partial charge on any atom is 0.338 e. The van der Waals surface area contributed by atoms with Crippen LogP contribution in [-0.4, -0.2) is 22.1 Å². The second-order valence-corrected chi connectivity index (χ2v) is 8.03. The van der Waals surface area contributed by atoms with Gasteiger partial charge in [-0.3, -0.25) is 9.36 Å². The van der Waals surface area contributed by atoms with E-state index in [0.717, 1.165) is 9.13 Å².